The Kier molecular flexibility index (Phi) is 5.61. The van der Waals surface area contributed by atoms with Gasteiger partial charge in [-0.15, -0.1) is 0 Å². The zero-order chi connectivity index (χ0) is 18.5. The quantitative estimate of drug-likeness (QED) is 0.717. The third kappa shape index (κ3) is 4.45. The predicted octanol–water partition coefficient (Wildman–Crippen LogP) is 4.04. The molecule has 0 aliphatic heterocycles. The first kappa shape index (κ1) is 18.0. The van der Waals surface area contributed by atoms with Crippen molar-refractivity contribution in [2.45, 2.75) is 6.61 Å². The summed E-state index contributed by atoms with van der Waals surface area (Å²) in [6.45, 7) is 0.142. The molecule has 1 heterocycles. The number of halogens is 2. The van der Waals surface area contributed by atoms with Gasteiger partial charge in [0.2, 0.25) is 0 Å². The van der Waals surface area contributed by atoms with Gasteiger partial charge in [0.05, 0.1) is 0 Å². The lowest BCUT2D eigenvalue weighted by Crippen LogP contribution is -2.32. The lowest BCUT2D eigenvalue weighted by Gasteiger charge is -2.10. The number of benzene rings is 2. The third-order valence-corrected chi connectivity index (χ3v) is 4.01. The number of pyridine rings is 1. The molecule has 0 saturated heterocycles. The number of rotatable bonds is 5. The number of amides is 1. The second kappa shape index (κ2) is 8.08. The van der Waals surface area contributed by atoms with Crippen molar-refractivity contribution in [3.8, 4) is 0 Å². The maximum absolute atomic E-state index is 12.5. The Hall–Kier alpha value is -2.76. The fraction of sp³-hybridized carbons (Fsp3) is 0.0526. The van der Waals surface area contributed by atoms with Crippen molar-refractivity contribution < 1.29 is 9.63 Å². The number of carbonyl (C=O) groups is 1. The van der Waals surface area contributed by atoms with E-state index in [0.717, 1.165) is 10.3 Å². The first-order valence-corrected chi connectivity index (χ1v) is 8.45. The number of carbonyl (C=O) groups excluding carboxylic acids is 1. The van der Waals surface area contributed by atoms with Crippen molar-refractivity contribution in [3.05, 3.63) is 98.4 Å². The molecule has 0 aliphatic rings. The second-order valence-corrected chi connectivity index (χ2v) is 6.29. The van der Waals surface area contributed by atoms with Gasteiger partial charge >= 0.3 is 0 Å². The number of nitrogens with one attached hydrogen (secondary N) is 1. The lowest BCUT2D eigenvalue weighted by molar-refractivity contribution is 0.0863. The Morgan fingerprint density at radius 3 is 2.50 bits per heavy atom. The molecule has 1 N–H and O–H groups in total. The van der Waals surface area contributed by atoms with Gasteiger partial charge in [-0.3, -0.25) is 9.59 Å². The van der Waals surface area contributed by atoms with Crippen LogP contribution >= 0.6 is 23.2 Å². The van der Waals surface area contributed by atoms with Crippen molar-refractivity contribution in [1.82, 2.24) is 4.73 Å². The van der Waals surface area contributed by atoms with E-state index < -0.39 is 11.5 Å². The number of nitrogens with zero attached hydrogens (tertiary/aromatic N) is 1. The molecule has 5 nitrogen and oxygen atoms in total. The number of anilines is 1. The van der Waals surface area contributed by atoms with Crippen LogP contribution in [-0.2, 0) is 6.61 Å². The minimum atomic E-state index is -0.555. The summed E-state index contributed by atoms with van der Waals surface area (Å²) < 4.78 is 1.03. The van der Waals surface area contributed by atoms with Gasteiger partial charge in [0.1, 0.15) is 12.2 Å². The van der Waals surface area contributed by atoms with Gasteiger partial charge in [-0.2, -0.15) is 4.73 Å². The molecular formula is C19H14Cl2N2O3. The van der Waals surface area contributed by atoms with E-state index in [2.05, 4.69) is 5.32 Å². The van der Waals surface area contributed by atoms with Gasteiger partial charge in [0.25, 0.3) is 11.5 Å². The molecule has 26 heavy (non-hydrogen) atoms. The molecule has 0 radical (unpaired) electrons. The Labute approximate surface area is 159 Å². The molecule has 2 aromatic carbocycles. The maximum Gasteiger partial charge on any atom is 0.295 e. The SMILES string of the molecule is O=C(Nc1ccc(Cl)cc1)c1cccn(OCc2cccc(Cl)c2)c1=O. The average Bonchev–Trinajstić information content (AvgIpc) is 2.63. The van der Waals surface area contributed by atoms with Crippen LogP contribution in [0, 0.1) is 0 Å². The summed E-state index contributed by atoms with van der Waals surface area (Å²) in [6.07, 6.45) is 1.45. The van der Waals surface area contributed by atoms with Crippen LogP contribution in [0.3, 0.4) is 0 Å². The zero-order valence-electron chi connectivity index (χ0n) is 13.5. The highest BCUT2D eigenvalue weighted by Crippen LogP contribution is 2.14. The predicted molar refractivity (Wildman–Crippen MR) is 102 cm³/mol. The molecule has 0 bridgehead atoms. The van der Waals surface area contributed by atoms with E-state index in [0.29, 0.717) is 15.7 Å². The normalized spacial score (nSPS) is 10.4. The summed E-state index contributed by atoms with van der Waals surface area (Å²) in [5.41, 5.74) is 0.754. The maximum atomic E-state index is 12.5. The third-order valence-electron chi connectivity index (χ3n) is 3.52. The fourth-order valence-corrected chi connectivity index (χ4v) is 2.59. The summed E-state index contributed by atoms with van der Waals surface area (Å²) in [5, 5.41) is 3.78. The van der Waals surface area contributed by atoms with Crippen LogP contribution in [0.5, 0.6) is 0 Å². The minimum Gasteiger partial charge on any atom is -0.406 e. The topological polar surface area (TPSA) is 60.3 Å². The molecule has 1 aromatic heterocycles. The van der Waals surface area contributed by atoms with E-state index in [4.69, 9.17) is 28.0 Å². The van der Waals surface area contributed by atoms with E-state index in [9.17, 15) is 9.59 Å². The molecule has 0 unspecified atom stereocenters. The van der Waals surface area contributed by atoms with E-state index in [1.54, 1.807) is 48.5 Å². The zero-order valence-corrected chi connectivity index (χ0v) is 15.0. The number of hydrogen-bond acceptors (Lipinski definition) is 3. The molecule has 0 fully saturated rings. The molecule has 0 saturated carbocycles. The Morgan fingerprint density at radius 2 is 1.77 bits per heavy atom. The smallest absolute Gasteiger partial charge is 0.295 e. The van der Waals surface area contributed by atoms with Crippen LogP contribution < -0.4 is 15.7 Å². The standard InChI is InChI=1S/C19H14Cl2N2O3/c20-14-6-8-16(9-7-14)22-18(24)17-5-2-10-23(19(17)25)26-12-13-3-1-4-15(21)11-13/h1-11H,12H2,(H,22,24). The first-order chi connectivity index (χ1) is 12.5. The summed E-state index contributed by atoms with van der Waals surface area (Å²) in [7, 11) is 0. The highest BCUT2D eigenvalue weighted by Gasteiger charge is 2.13. The summed E-state index contributed by atoms with van der Waals surface area (Å²) >= 11 is 11.7. The van der Waals surface area contributed by atoms with Gasteiger partial charge in [-0.1, -0.05) is 35.3 Å². The highest BCUT2D eigenvalue weighted by molar-refractivity contribution is 6.30. The molecule has 1 amide bonds. The monoisotopic (exact) mass is 388 g/mol. The molecule has 7 heteroatoms. The highest BCUT2D eigenvalue weighted by atomic mass is 35.5. The molecule has 0 atom stereocenters. The van der Waals surface area contributed by atoms with Gasteiger partial charge in [0.15, 0.2) is 0 Å². The molecule has 3 aromatic rings. The van der Waals surface area contributed by atoms with Crippen LogP contribution in [0.1, 0.15) is 15.9 Å². The van der Waals surface area contributed by atoms with Crippen LogP contribution in [0.15, 0.2) is 71.7 Å². The van der Waals surface area contributed by atoms with Crippen molar-refractivity contribution in [2.24, 2.45) is 0 Å². The molecule has 132 valence electrons. The lowest BCUT2D eigenvalue weighted by atomic mass is 10.2. The number of hydrogen-bond donors (Lipinski definition) is 1. The second-order valence-electron chi connectivity index (χ2n) is 5.42. The van der Waals surface area contributed by atoms with Gasteiger partial charge in [-0.05, 0) is 54.1 Å². The van der Waals surface area contributed by atoms with E-state index in [-0.39, 0.29) is 12.2 Å². The minimum absolute atomic E-state index is 0.0338. The van der Waals surface area contributed by atoms with Crippen LogP contribution in [-0.4, -0.2) is 10.6 Å². The summed E-state index contributed by atoms with van der Waals surface area (Å²) in [6, 6.07) is 16.7. The van der Waals surface area contributed by atoms with Crippen molar-refractivity contribution in [2.75, 3.05) is 5.32 Å². The first-order valence-electron chi connectivity index (χ1n) is 7.69. The van der Waals surface area contributed by atoms with Crippen LogP contribution in [0.2, 0.25) is 10.0 Å². The fourth-order valence-electron chi connectivity index (χ4n) is 2.25. The van der Waals surface area contributed by atoms with Gasteiger partial charge in [0, 0.05) is 21.9 Å². The molecule has 0 aliphatic carbocycles. The van der Waals surface area contributed by atoms with E-state index in [1.807, 2.05) is 6.07 Å². The average molecular weight is 389 g/mol. The van der Waals surface area contributed by atoms with E-state index in [1.165, 1.54) is 12.3 Å². The Bertz CT molecular complexity index is 985. The van der Waals surface area contributed by atoms with Crippen LogP contribution in [0.4, 0.5) is 5.69 Å². The summed E-state index contributed by atoms with van der Waals surface area (Å²) in [4.78, 5) is 30.3. The Balaban J connectivity index is 1.75. The number of aromatic nitrogens is 1. The van der Waals surface area contributed by atoms with Gasteiger partial charge < -0.3 is 10.2 Å². The van der Waals surface area contributed by atoms with Gasteiger partial charge in [-0.25, -0.2) is 0 Å². The summed E-state index contributed by atoms with van der Waals surface area (Å²) in [5.74, 6) is -0.530. The van der Waals surface area contributed by atoms with Crippen LogP contribution in [0.25, 0.3) is 0 Å². The largest absolute Gasteiger partial charge is 0.406 e. The van der Waals surface area contributed by atoms with Crippen molar-refractivity contribution in [1.29, 1.82) is 0 Å². The molecular weight excluding hydrogens is 375 g/mol. The Morgan fingerprint density at radius 1 is 1.00 bits per heavy atom. The molecule has 0 spiro atoms. The van der Waals surface area contributed by atoms with E-state index >= 15 is 0 Å². The van der Waals surface area contributed by atoms with Crippen molar-refractivity contribution >= 4 is 34.8 Å². The molecule has 3 rings (SSSR count). The van der Waals surface area contributed by atoms with Crippen molar-refractivity contribution in [3.63, 3.8) is 0 Å².